The van der Waals surface area contributed by atoms with Gasteiger partial charge in [0.05, 0.1) is 22.9 Å². The number of hydrogen-bond donors (Lipinski definition) is 1. The van der Waals surface area contributed by atoms with Crippen LogP contribution in [0.3, 0.4) is 0 Å². The van der Waals surface area contributed by atoms with Crippen LogP contribution in [0.5, 0.6) is 5.75 Å². The maximum atomic E-state index is 13.3. The van der Waals surface area contributed by atoms with Crippen LogP contribution in [0.1, 0.15) is 29.3 Å². The highest BCUT2D eigenvalue weighted by molar-refractivity contribution is 7.92. The molecule has 0 atom stereocenters. The van der Waals surface area contributed by atoms with Crippen LogP contribution in [0.15, 0.2) is 83.1 Å². The average Bonchev–Trinajstić information content (AvgIpc) is 3.37. The number of anilines is 2. The summed E-state index contributed by atoms with van der Waals surface area (Å²) in [7, 11) is -3.73. The number of hydrogen-bond acceptors (Lipinski definition) is 6. The van der Waals surface area contributed by atoms with Crippen molar-refractivity contribution >= 4 is 38.1 Å². The summed E-state index contributed by atoms with van der Waals surface area (Å²) in [5, 5.41) is 5.13. The van der Waals surface area contributed by atoms with Crippen molar-refractivity contribution in [3.8, 4) is 17.0 Å². The number of aryl methyl sites for hydroxylation is 1. The third kappa shape index (κ3) is 4.84. The Morgan fingerprint density at radius 1 is 1.06 bits per heavy atom. The zero-order valence-corrected chi connectivity index (χ0v) is 21.3. The van der Waals surface area contributed by atoms with Crippen LogP contribution in [-0.2, 0) is 16.4 Å². The zero-order chi connectivity index (χ0) is 25.1. The van der Waals surface area contributed by atoms with Crippen molar-refractivity contribution in [2.45, 2.75) is 24.7 Å². The molecule has 0 radical (unpaired) electrons. The number of thiazole rings is 1. The fourth-order valence-corrected chi connectivity index (χ4v) is 6.43. The molecule has 2 heterocycles. The molecule has 5 rings (SSSR count). The molecular formula is C27H25N3O4S2. The van der Waals surface area contributed by atoms with Crippen LogP contribution in [0.25, 0.3) is 11.3 Å². The number of nitrogens with zero attached hydrogens (tertiary/aromatic N) is 2. The van der Waals surface area contributed by atoms with Gasteiger partial charge in [0.2, 0.25) is 0 Å². The van der Waals surface area contributed by atoms with Crippen LogP contribution in [0.4, 0.5) is 10.8 Å². The molecule has 9 heteroatoms. The topological polar surface area (TPSA) is 88.6 Å². The summed E-state index contributed by atoms with van der Waals surface area (Å²) < 4.78 is 33.6. The molecule has 1 amide bonds. The predicted octanol–water partition coefficient (Wildman–Crippen LogP) is 5.60. The highest BCUT2D eigenvalue weighted by atomic mass is 32.2. The summed E-state index contributed by atoms with van der Waals surface area (Å²) in [5.41, 5.74) is 3.77. The molecule has 7 nitrogen and oxygen atoms in total. The lowest BCUT2D eigenvalue weighted by atomic mass is 10.0. The Labute approximate surface area is 214 Å². The van der Waals surface area contributed by atoms with Crippen LogP contribution in [-0.4, -0.2) is 32.5 Å². The van der Waals surface area contributed by atoms with E-state index in [1.165, 1.54) is 39.9 Å². The maximum absolute atomic E-state index is 13.3. The molecule has 0 fully saturated rings. The highest BCUT2D eigenvalue weighted by Gasteiger charge is 2.29. The lowest BCUT2D eigenvalue weighted by Gasteiger charge is -2.30. The van der Waals surface area contributed by atoms with Crippen LogP contribution >= 0.6 is 11.3 Å². The minimum absolute atomic E-state index is 0.155. The fraction of sp³-hybridized carbons (Fsp3) is 0.185. The molecule has 0 bridgehead atoms. The van der Waals surface area contributed by atoms with E-state index in [1.807, 2.05) is 60.8 Å². The number of carbonyl (C=O) groups is 1. The zero-order valence-electron chi connectivity index (χ0n) is 19.7. The average molecular weight is 520 g/mol. The van der Waals surface area contributed by atoms with Crippen molar-refractivity contribution in [2.75, 3.05) is 22.8 Å². The number of carbonyl (C=O) groups excluding carboxylic acids is 1. The summed E-state index contributed by atoms with van der Waals surface area (Å²) >= 11 is 1.32. The quantitative estimate of drug-likeness (QED) is 0.343. The fourth-order valence-electron chi connectivity index (χ4n) is 4.18. The smallest absolute Gasteiger partial charge is 0.264 e. The minimum Gasteiger partial charge on any atom is -0.494 e. The van der Waals surface area contributed by atoms with Crippen LogP contribution in [0.2, 0.25) is 0 Å². The molecule has 1 aliphatic rings. The van der Waals surface area contributed by atoms with Gasteiger partial charge in [-0.25, -0.2) is 13.4 Å². The lowest BCUT2D eigenvalue weighted by molar-refractivity contribution is 0.102. The first kappa shape index (κ1) is 24.0. The third-order valence-electron chi connectivity index (χ3n) is 5.96. The van der Waals surface area contributed by atoms with Crippen molar-refractivity contribution in [3.63, 3.8) is 0 Å². The van der Waals surface area contributed by atoms with Gasteiger partial charge in [-0.3, -0.25) is 14.4 Å². The Morgan fingerprint density at radius 2 is 1.81 bits per heavy atom. The molecule has 0 spiro atoms. The lowest BCUT2D eigenvalue weighted by Crippen LogP contribution is -2.35. The molecule has 0 unspecified atom stereocenters. The van der Waals surface area contributed by atoms with Gasteiger partial charge < -0.3 is 4.74 Å². The largest absolute Gasteiger partial charge is 0.494 e. The van der Waals surface area contributed by atoms with E-state index in [4.69, 9.17) is 4.74 Å². The summed E-state index contributed by atoms with van der Waals surface area (Å²) in [6, 6.07) is 21.2. The van der Waals surface area contributed by atoms with E-state index in [-0.39, 0.29) is 10.8 Å². The molecule has 1 aromatic heterocycles. The SMILES string of the molecule is CCOc1ccc(-c2csc(NC(=O)c3ccc(S(=O)(=O)N4CCCc5ccccc54)cc3)n2)cc1. The molecule has 1 N–H and O–H groups in total. The monoisotopic (exact) mass is 519 g/mol. The summed E-state index contributed by atoms with van der Waals surface area (Å²) in [6.07, 6.45) is 1.63. The van der Waals surface area contributed by atoms with Crippen molar-refractivity contribution < 1.29 is 17.9 Å². The number of para-hydroxylation sites is 1. The van der Waals surface area contributed by atoms with E-state index in [9.17, 15) is 13.2 Å². The molecule has 184 valence electrons. The summed E-state index contributed by atoms with van der Waals surface area (Å²) in [6.45, 7) is 2.97. The molecule has 36 heavy (non-hydrogen) atoms. The predicted molar refractivity (Wildman–Crippen MR) is 142 cm³/mol. The molecule has 0 saturated heterocycles. The number of sulfonamides is 1. The van der Waals surface area contributed by atoms with Gasteiger partial charge in [-0.2, -0.15) is 0 Å². The molecule has 3 aromatic carbocycles. The third-order valence-corrected chi connectivity index (χ3v) is 8.54. The number of rotatable bonds is 7. The van der Waals surface area contributed by atoms with Crippen molar-refractivity contribution in [2.24, 2.45) is 0 Å². The normalized spacial score (nSPS) is 13.2. The van der Waals surface area contributed by atoms with Gasteiger partial charge in [0.25, 0.3) is 15.9 Å². The van der Waals surface area contributed by atoms with Crippen molar-refractivity contribution in [3.05, 3.63) is 89.3 Å². The molecular weight excluding hydrogens is 494 g/mol. The number of nitrogens with one attached hydrogen (secondary N) is 1. The van der Waals surface area contributed by atoms with Gasteiger partial charge >= 0.3 is 0 Å². The summed E-state index contributed by atoms with van der Waals surface area (Å²) in [5.74, 6) is 0.440. The van der Waals surface area contributed by atoms with E-state index in [2.05, 4.69) is 10.3 Å². The second kappa shape index (κ2) is 10.1. The Morgan fingerprint density at radius 3 is 2.56 bits per heavy atom. The van der Waals surface area contributed by atoms with Crippen LogP contribution in [0, 0.1) is 0 Å². The molecule has 0 aliphatic carbocycles. The first-order valence-corrected chi connectivity index (χ1v) is 14.0. The number of fused-ring (bicyclic) bond motifs is 1. The van der Waals surface area contributed by atoms with Crippen LogP contribution < -0.4 is 14.4 Å². The second-order valence-electron chi connectivity index (χ2n) is 8.28. The minimum atomic E-state index is -3.73. The van der Waals surface area contributed by atoms with Gasteiger partial charge in [0.15, 0.2) is 5.13 Å². The number of amides is 1. The van der Waals surface area contributed by atoms with E-state index in [1.54, 1.807) is 0 Å². The van der Waals surface area contributed by atoms with E-state index in [0.29, 0.717) is 23.8 Å². The van der Waals surface area contributed by atoms with Gasteiger partial charge in [0.1, 0.15) is 5.75 Å². The number of benzene rings is 3. The number of aromatic nitrogens is 1. The first-order chi connectivity index (χ1) is 17.5. The Kier molecular flexibility index (Phi) is 6.75. The van der Waals surface area contributed by atoms with Gasteiger partial charge in [0, 0.05) is 23.1 Å². The number of ether oxygens (including phenoxy) is 1. The maximum Gasteiger partial charge on any atom is 0.264 e. The van der Waals surface area contributed by atoms with Gasteiger partial charge in [-0.15, -0.1) is 11.3 Å². The molecule has 0 saturated carbocycles. The molecule has 1 aliphatic heterocycles. The highest BCUT2D eigenvalue weighted by Crippen LogP contribution is 2.32. The Hall–Kier alpha value is -3.69. The Bertz CT molecular complexity index is 1480. The van der Waals surface area contributed by atoms with Crippen molar-refractivity contribution in [1.29, 1.82) is 0 Å². The standard InChI is InChI=1S/C27H25N3O4S2/c1-2-34-22-13-9-19(10-14-22)24-18-35-27(28-24)29-26(31)21-11-15-23(16-12-21)36(32,33)30-17-5-7-20-6-3-4-8-25(20)30/h3-4,6,8-16,18H,2,5,7,17H2,1H3,(H,28,29,31). The molecule has 4 aromatic rings. The van der Waals surface area contributed by atoms with E-state index in [0.717, 1.165) is 41.1 Å². The summed E-state index contributed by atoms with van der Waals surface area (Å²) in [4.78, 5) is 17.4. The van der Waals surface area contributed by atoms with E-state index < -0.39 is 10.0 Å². The Balaban J connectivity index is 1.29. The first-order valence-electron chi connectivity index (χ1n) is 11.7. The second-order valence-corrected chi connectivity index (χ2v) is 11.0. The van der Waals surface area contributed by atoms with E-state index >= 15 is 0 Å². The van der Waals surface area contributed by atoms with Crippen molar-refractivity contribution in [1.82, 2.24) is 4.98 Å². The van der Waals surface area contributed by atoms with Gasteiger partial charge in [-0.05, 0) is 79.9 Å². The van der Waals surface area contributed by atoms with Gasteiger partial charge in [-0.1, -0.05) is 18.2 Å².